The van der Waals surface area contributed by atoms with Crippen LogP contribution in [0.4, 0.5) is 10.1 Å². The Balaban J connectivity index is 2.54. The Hall–Kier alpha value is -2.09. The van der Waals surface area contributed by atoms with E-state index in [4.69, 9.17) is 5.26 Å². The van der Waals surface area contributed by atoms with Gasteiger partial charge >= 0.3 is 0 Å². The molecule has 0 N–H and O–H groups in total. The number of benzene rings is 1. The zero-order valence-electron chi connectivity index (χ0n) is 12.0. The fourth-order valence-electron chi connectivity index (χ4n) is 1.91. The maximum atomic E-state index is 13.2. The number of hydrogen-bond donors (Lipinski definition) is 0. The zero-order valence-corrected chi connectivity index (χ0v) is 12.0. The van der Waals surface area contributed by atoms with Crippen molar-refractivity contribution in [3.63, 3.8) is 0 Å². The highest BCUT2D eigenvalue weighted by atomic mass is 19.1. The molecule has 1 aromatic rings. The van der Waals surface area contributed by atoms with Crippen molar-refractivity contribution >= 4 is 11.6 Å². The third kappa shape index (κ3) is 4.88. The lowest BCUT2D eigenvalue weighted by Gasteiger charge is -2.24. The molecule has 0 aromatic heterocycles. The molecule has 0 aliphatic carbocycles. The zero-order chi connectivity index (χ0) is 15.0. The van der Waals surface area contributed by atoms with Crippen molar-refractivity contribution in [3.8, 4) is 6.07 Å². The van der Waals surface area contributed by atoms with Crippen LogP contribution in [0.25, 0.3) is 0 Å². The van der Waals surface area contributed by atoms with Crippen LogP contribution in [0.15, 0.2) is 24.3 Å². The summed E-state index contributed by atoms with van der Waals surface area (Å²) in [6.45, 7) is 3.66. The second kappa shape index (κ2) is 8.16. The number of anilines is 1. The lowest BCUT2D eigenvalue weighted by atomic mass is 10.2. The summed E-state index contributed by atoms with van der Waals surface area (Å²) in [4.78, 5) is 15.4. The lowest BCUT2D eigenvalue weighted by Crippen LogP contribution is -2.32. The van der Waals surface area contributed by atoms with Crippen molar-refractivity contribution < 1.29 is 9.18 Å². The van der Waals surface area contributed by atoms with Crippen LogP contribution in [0.1, 0.15) is 19.8 Å². The highest BCUT2D eigenvalue weighted by molar-refractivity contribution is 5.76. The average molecular weight is 277 g/mol. The van der Waals surface area contributed by atoms with E-state index in [1.54, 1.807) is 18.0 Å². The summed E-state index contributed by atoms with van der Waals surface area (Å²) in [6, 6.07) is 8.37. The van der Waals surface area contributed by atoms with Gasteiger partial charge in [0.2, 0.25) is 5.91 Å². The SMILES string of the molecule is CCN(CCC(=O)N(C)CCC#N)c1cccc(F)c1. The standard InChI is InChI=1S/C15H20FN3O/c1-3-19(14-7-4-6-13(16)12-14)11-8-15(20)18(2)10-5-9-17/h4,6-7,12H,3,5,8,10-11H2,1-2H3. The summed E-state index contributed by atoms with van der Waals surface area (Å²) in [5, 5.41) is 8.50. The molecular weight excluding hydrogens is 257 g/mol. The van der Waals surface area contributed by atoms with Crippen LogP contribution in [-0.4, -0.2) is 37.5 Å². The molecule has 0 unspecified atom stereocenters. The predicted octanol–water partition coefficient (Wildman–Crippen LogP) is 2.41. The molecule has 0 aliphatic heterocycles. The van der Waals surface area contributed by atoms with Crippen LogP contribution in [0.3, 0.4) is 0 Å². The van der Waals surface area contributed by atoms with Crippen LogP contribution in [0, 0.1) is 17.1 Å². The van der Waals surface area contributed by atoms with Gasteiger partial charge < -0.3 is 9.80 Å². The van der Waals surface area contributed by atoms with E-state index in [9.17, 15) is 9.18 Å². The molecule has 0 spiro atoms. The van der Waals surface area contributed by atoms with Gasteiger partial charge in [0, 0.05) is 38.8 Å². The van der Waals surface area contributed by atoms with Crippen LogP contribution in [0.5, 0.6) is 0 Å². The first-order valence-electron chi connectivity index (χ1n) is 6.70. The van der Waals surface area contributed by atoms with Crippen molar-refractivity contribution in [2.24, 2.45) is 0 Å². The summed E-state index contributed by atoms with van der Waals surface area (Å²) in [5.41, 5.74) is 0.778. The molecule has 1 aromatic carbocycles. The number of halogens is 1. The third-order valence-electron chi connectivity index (χ3n) is 3.14. The quantitative estimate of drug-likeness (QED) is 0.769. The minimum Gasteiger partial charge on any atom is -0.371 e. The van der Waals surface area contributed by atoms with Crippen molar-refractivity contribution in [2.75, 3.05) is 31.6 Å². The Labute approximate surface area is 119 Å². The normalized spacial score (nSPS) is 9.90. The smallest absolute Gasteiger partial charge is 0.224 e. The topological polar surface area (TPSA) is 47.3 Å². The molecule has 0 aliphatic rings. The van der Waals surface area contributed by atoms with Crippen molar-refractivity contribution in [1.29, 1.82) is 5.26 Å². The Morgan fingerprint density at radius 1 is 1.40 bits per heavy atom. The fourth-order valence-corrected chi connectivity index (χ4v) is 1.91. The molecule has 4 nitrogen and oxygen atoms in total. The molecule has 0 saturated carbocycles. The molecule has 5 heteroatoms. The molecule has 0 radical (unpaired) electrons. The largest absolute Gasteiger partial charge is 0.371 e. The van der Waals surface area contributed by atoms with Crippen LogP contribution in [-0.2, 0) is 4.79 Å². The highest BCUT2D eigenvalue weighted by Gasteiger charge is 2.11. The highest BCUT2D eigenvalue weighted by Crippen LogP contribution is 2.15. The monoisotopic (exact) mass is 277 g/mol. The molecular formula is C15H20FN3O. The number of amides is 1. The molecule has 0 atom stereocenters. The summed E-state index contributed by atoms with van der Waals surface area (Å²) >= 11 is 0. The summed E-state index contributed by atoms with van der Waals surface area (Å²) < 4.78 is 13.2. The minimum absolute atomic E-state index is 0.00453. The molecule has 0 fully saturated rings. The van der Waals surface area contributed by atoms with E-state index in [2.05, 4.69) is 0 Å². The molecule has 108 valence electrons. The third-order valence-corrected chi connectivity index (χ3v) is 3.14. The molecule has 0 saturated heterocycles. The van der Waals surface area contributed by atoms with Crippen molar-refractivity contribution in [1.82, 2.24) is 4.90 Å². The fraction of sp³-hybridized carbons (Fsp3) is 0.467. The molecule has 20 heavy (non-hydrogen) atoms. The first-order valence-corrected chi connectivity index (χ1v) is 6.70. The van der Waals surface area contributed by atoms with Gasteiger partial charge in [-0.3, -0.25) is 4.79 Å². The van der Waals surface area contributed by atoms with E-state index in [1.165, 1.54) is 12.1 Å². The van der Waals surface area contributed by atoms with Crippen LogP contribution in [0.2, 0.25) is 0 Å². The second-order valence-electron chi connectivity index (χ2n) is 4.53. The van der Waals surface area contributed by atoms with Gasteiger partial charge in [0.15, 0.2) is 0 Å². The second-order valence-corrected chi connectivity index (χ2v) is 4.53. The first kappa shape index (κ1) is 16.0. The Morgan fingerprint density at radius 3 is 2.75 bits per heavy atom. The Morgan fingerprint density at radius 2 is 2.15 bits per heavy atom. The van der Waals surface area contributed by atoms with E-state index in [-0.39, 0.29) is 11.7 Å². The van der Waals surface area contributed by atoms with E-state index in [0.29, 0.717) is 32.5 Å². The number of rotatable bonds is 7. The summed E-state index contributed by atoms with van der Waals surface area (Å²) in [5.74, 6) is -0.284. The maximum absolute atomic E-state index is 13.2. The average Bonchev–Trinajstić information content (AvgIpc) is 2.45. The van der Waals surface area contributed by atoms with Gasteiger partial charge in [0.1, 0.15) is 5.82 Å². The first-order chi connectivity index (χ1) is 9.58. The van der Waals surface area contributed by atoms with Gasteiger partial charge in [0.25, 0.3) is 0 Å². The van der Waals surface area contributed by atoms with Gasteiger partial charge in [-0.15, -0.1) is 0 Å². The van der Waals surface area contributed by atoms with Crippen molar-refractivity contribution in [3.05, 3.63) is 30.1 Å². The Kier molecular flexibility index (Phi) is 6.51. The van der Waals surface area contributed by atoms with E-state index >= 15 is 0 Å². The predicted molar refractivity (Wildman–Crippen MR) is 76.8 cm³/mol. The lowest BCUT2D eigenvalue weighted by molar-refractivity contribution is -0.129. The van der Waals surface area contributed by atoms with Gasteiger partial charge in [-0.05, 0) is 25.1 Å². The number of hydrogen-bond acceptors (Lipinski definition) is 3. The summed E-state index contributed by atoms with van der Waals surface area (Å²) in [7, 11) is 1.69. The van der Waals surface area contributed by atoms with Gasteiger partial charge in [-0.2, -0.15) is 5.26 Å². The number of nitrogens with zero attached hydrogens (tertiary/aromatic N) is 3. The molecule has 1 rings (SSSR count). The minimum atomic E-state index is -0.279. The molecule has 1 amide bonds. The number of carbonyl (C=O) groups excluding carboxylic acids is 1. The number of nitriles is 1. The van der Waals surface area contributed by atoms with Gasteiger partial charge in [-0.1, -0.05) is 6.07 Å². The number of carbonyl (C=O) groups is 1. The molecule has 0 heterocycles. The van der Waals surface area contributed by atoms with Crippen molar-refractivity contribution in [2.45, 2.75) is 19.8 Å². The van der Waals surface area contributed by atoms with Gasteiger partial charge in [0.05, 0.1) is 12.5 Å². The van der Waals surface area contributed by atoms with Crippen LogP contribution < -0.4 is 4.90 Å². The molecule has 0 bridgehead atoms. The van der Waals surface area contributed by atoms with E-state index < -0.39 is 0 Å². The summed E-state index contributed by atoms with van der Waals surface area (Å²) in [6.07, 6.45) is 0.690. The maximum Gasteiger partial charge on any atom is 0.224 e. The van der Waals surface area contributed by atoms with Gasteiger partial charge in [-0.25, -0.2) is 4.39 Å². The Bertz CT molecular complexity index is 484. The van der Waals surface area contributed by atoms with E-state index in [1.807, 2.05) is 24.0 Å². The van der Waals surface area contributed by atoms with Crippen LogP contribution >= 0.6 is 0 Å². The van der Waals surface area contributed by atoms with E-state index in [0.717, 1.165) is 5.69 Å².